The van der Waals surface area contributed by atoms with E-state index in [1.54, 1.807) is 0 Å². The molecule has 1 heterocycles. The number of carbonyl (C=O) groups excluding carboxylic acids is 1. The van der Waals surface area contributed by atoms with Gasteiger partial charge in [0.2, 0.25) is 0 Å². The summed E-state index contributed by atoms with van der Waals surface area (Å²) in [7, 11) is 0. The van der Waals surface area contributed by atoms with Gasteiger partial charge in [-0.05, 0) is 29.8 Å². The first kappa shape index (κ1) is 15.0. The SMILES string of the molecule is O=C(NCc1ccc(F)cc1)c1ccc(C(F)(F)F)nc1. The van der Waals surface area contributed by atoms with Crippen molar-refractivity contribution in [2.45, 2.75) is 12.7 Å². The first-order valence-electron chi connectivity index (χ1n) is 5.92. The van der Waals surface area contributed by atoms with E-state index in [0.29, 0.717) is 5.56 Å². The maximum Gasteiger partial charge on any atom is 0.433 e. The normalized spacial score (nSPS) is 11.2. The maximum atomic E-state index is 12.7. The van der Waals surface area contributed by atoms with Crippen LogP contribution < -0.4 is 5.32 Å². The van der Waals surface area contributed by atoms with E-state index in [2.05, 4.69) is 10.3 Å². The van der Waals surface area contributed by atoms with Crippen molar-refractivity contribution in [3.8, 4) is 0 Å². The number of alkyl halides is 3. The Balaban J connectivity index is 1.99. The average molecular weight is 298 g/mol. The fourth-order valence-corrected chi connectivity index (χ4v) is 1.58. The van der Waals surface area contributed by atoms with Crippen molar-refractivity contribution in [2.75, 3.05) is 0 Å². The molecule has 1 aromatic heterocycles. The van der Waals surface area contributed by atoms with Crippen LogP contribution in [0.15, 0.2) is 42.6 Å². The van der Waals surface area contributed by atoms with E-state index < -0.39 is 23.6 Å². The predicted molar refractivity (Wildman–Crippen MR) is 66.8 cm³/mol. The Morgan fingerprint density at radius 3 is 2.29 bits per heavy atom. The number of hydrogen-bond donors (Lipinski definition) is 1. The molecule has 110 valence electrons. The molecule has 0 aliphatic carbocycles. The van der Waals surface area contributed by atoms with Crippen molar-refractivity contribution in [3.63, 3.8) is 0 Å². The van der Waals surface area contributed by atoms with Gasteiger partial charge in [0.05, 0.1) is 5.56 Å². The summed E-state index contributed by atoms with van der Waals surface area (Å²) in [6.45, 7) is 0.139. The van der Waals surface area contributed by atoms with Gasteiger partial charge in [-0.15, -0.1) is 0 Å². The van der Waals surface area contributed by atoms with Gasteiger partial charge in [0.1, 0.15) is 11.5 Å². The molecular formula is C14H10F4N2O. The first-order chi connectivity index (χ1) is 9.86. The van der Waals surface area contributed by atoms with Crippen molar-refractivity contribution in [3.05, 3.63) is 65.2 Å². The van der Waals surface area contributed by atoms with Crippen molar-refractivity contribution in [2.24, 2.45) is 0 Å². The minimum Gasteiger partial charge on any atom is -0.348 e. The molecule has 0 aliphatic heterocycles. The second kappa shape index (κ2) is 5.90. The van der Waals surface area contributed by atoms with Gasteiger partial charge < -0.3 is 5.32 Å². The number of carbonyl (C=O) groups is 1. The number of aromatic nitrogens is 1. The Bertz CT molecular complexity index is 621. The van der Waals surface area contributed by atoms with E-state index in [0.717, 1.165) is 18.3 Å². The minimum atomic E-state index is -4.54. The lowest BCUT2D eigenvalue weighted by Crippen LogP contribution is -2.23. The summed E-state index contributed by atoms with van der Waals surface area (Å²) < 4.78 is 49.7. The van der Waals surface area contributed by atoms with Gasteiger partial charge in [0.15, 0.2) is 0 Å². The summed E-state index contributed by atoms with van der Waals surface area (Å²) in [5.41, 5.74) is -0.368. The van der Waals surface area contributed by atoms with E-state index >= 15 is 0 Å². The zero-order valence-electron chi connectivity index (χ0n) is 10.6. The lowest BCUT2D eigenvalue weighted by Gasteiger charge is -2.07. The van der Waals surface area contributed by atoms with E-state index in [9.17, 15) is 22.4 Å². The zero-order chi connectivity index (χ0) is 15.5. The quantitative estimate of drug-likeness (QED) is 0.884. The lowest BCUT2D eigenvalue weighted by atomic mass is 10.2. The molecule has 0 saturated carbocycles. The van der Waals surface area contributed by atoms with Crippen molar-refractivity contribution in [1.29, 1.82) is 0 Å². The van der Waals surface area contributed by atoms with Crippen LogP contribution in [0, 0.1) is 5.82 Å². The molecule has 0 atom stereocenters. The van der Waals surface area contributed by atoms with Gasteiger partial charge in [-0.2, -0.15) is 13.2 Å². The number of nitrogens with one attached hydrogen (secondary N) is 1. The Labute approximate surface area is 117 Å². The van der Waals surface area contributed by atoms with Crippen LogP contribution in [0.5, 0.6) is 0 Å². The number of hydrogen-bond acceptors (Lipinski definition) is 2. The lowest BCUT2D eigenvalue weighted by molar-refractivity contribution is -0.141. The molecule has 1 N–H and O–H groups in total. The summed E-state index contributed by atoms with van der Waals surface area (Å²) in [6, 6.07) is 7.30. The largest absolute Gasteiger partial charge is 0.433 e. The molecule has 2 aromatic rings. The third kappa shape index (κ3) is 4.01. The first-order valence-corrected chi connectivity index (χ1v) is 5.92. The van der Waals surface area contributed by atoms with Crippen molar-refractivity contribution < 1.29 is 22.4 Å². The highest BCUT2D eigenvalue weighted by molar-refractivity contribution is 5.93. The topological polar surface area (TPSA) is 42.0 Å². The van der Waals surface area contributed by atoms with Crippen molar-refractivity contribution >= 4 is 5.91 Å². The number of rotatable bonds is 3. The molecule has 1 aromatic carbocycles. The van der Waals surface area contributed by atoms with Crippen LogP contribution in [0.3, 0.4) is 0 Å². The Morgan fingerprint density at radius 1 is 1.10 bits per heavy atom. The third-order valence-electron chi connectivity index (χ3n) is 2.68. The Morgan fingerprint density at radius 2 is 1.76 bits per heavy atom. The highest BCUT2D eigenvalue weighted by atomic mass is 19.4. The van der Waals surface area contributed by atoms with Gasteiger partial charge >= 0.3 is 6.18 Å². The molecule has 3 nitrogen and oxygen atoms in total. The Hall–Kier alpha value is -2.44. The fourth-order valence-electron chi connectivity index (χ4n) is 1.58. The van der Waals surface area contributed by atoms with Crippen LogP contribution in [0.4, 0.5) is 17.6 Å². The summed E-state index contributed by atoms with van der Waals surface area (Å²) >= 11 is 0. The summed E-state index contributed by atoms with van der Waals surface area (Å²) in [5.74, 6) is -0.947. The number of benzene rings is 1. The van der Waals surface area contributed by atoms with Crippen molar-refractivity contribution in [1.82, 2.24) is 10.3 Å². The van der Waals surface area contributed by atoms with Gasteiger partial charge in [-0.3, -0.25) is 9.78 Å². The second-order valence-electron chi connectivity index (χ2n) is 4.24. The van der Waals surface area contributed by atoms with Gasteiger partial charge in [-0.25, -0.2) is 4.39 Å². The monoisotopic (exact) mass is 298 g/mol. The van der Waals surface area contributed by atoms with E-state index in [1.807, 2.05) is 0 Å². The molecule has 0 aliphatic rings. The summed E-state index contributed by atoms with van der Waals surface area (Å²) in [6.07, 6.45) is -3.67. The zero-order valence-corrected chi connectivity index (χ0v) is 10.6. The number of halogens is 4. The van der Waals surface area contributed by atoms with E-state index in [-0.39, 0.29) is 12.1 Å². The smallest absolute Gasteiger partial charge is 0.348 e. The average Bonchev–Trinajstić information content (AvgIpc) is 2.45. The van der Waals surface area contributed by atoms with Crippen LogP contribution in [-0.2, 0) is 12.7 Å². The molecule has 2 rings (SSSR count). The molecule has 0 saturated heterocycles. The molecular weight excluding hydrogens is 288 g/mol. The highest BCUT2D eigenvalue weighted by Gasteiger charge is 2.32. The molecule has 7 heteroatoms. The molecule has 0 bridgehead atoms. The summed E-state index contributed by atoms with van der Waals surface area (Å²) in [4.78, 5) is 14.9. The molecule has 0 radical (unpaired) electrons. The highest BCUT2D eigenvalue weighted by Crippen LogP contribution is 2.27. The van der Waals surface area contributed by atoms with Crippen LogP contribution in [-0.4, -0.2) is 10.9 Å². The van der Waals surface area contributed by atoms with Crippen LogP contribution in [0.2, 0.25) is 0 Å². The van der Waals surface area contributed by atoms with E-state index in [4.69, 9.17) is 0 Å². The van der Waals surface area contributed by atoms with Crippen LogP contribution in [0.1, 0.15) is 21.6 Å². The predicted octanol–water partition coefficient (Wildman–Crippen LogP) is 3.17. The second-order valence-corrected chi connectivity index (χ2v) is 4.24. The fraction of sp³-hybridized carbons (Fsp3) is 0.143. The maximum absolute atomic E-state index is 12.7. The van der Waals surface area contributed by atoms with Gasteiger partial charge in [0.25, 0.3) is 5.91 Å². The molecule has 0 fully saturated rings. The van der Waals surface area contributed by atoms with Gasteiger partial charge in [0, 0.05) is 12.7 Å². The number of amides is 1. The van der Waals surface area contributed by atoms with Gasteiger partial charge in [-0.1, -0.05) is 12.1 Å². The Kier molecular flexibility index (Phi) is 4.21. The van der Waals surface area contributed by atoms with Crippen LogP contribution >= 0.6 is 0 Å². The summed E-state index contributed by atoms with van der Waals surface area (Å²) in [5, 5.41) is 2.51. The molecule has 0 unspecified atom stereocenters. The molecule has 21 heavy (non-hydrogen) atoms. The standard InChI is InChI=1S/C14H10F4N2O/c15-11-4-1-9(2-5-11)7-20-13(21)10-3-6-12(19-8-10)14(16,17)18/h1-6,8H,7H2,(H,20,21). The number of nitrogens with zero attached hydrogens (tertiary/aromatic N) is 1. The molecule has 0 spiro atoms. The number of pyridine rings is 1. The van der Waals surface area contributed by atoms with E-state index in [1.165, 1.54) is 24.3 Å². The van der Waals surface area contributed by atoms with Crippen LogP contribution in [0.25, 0.3) is 0 Å². The minimum absolute atomic E-state index is 0.0186. The third-order valence-corrected chi connectivity index (χ3v) is 2.68. The molecule has 1 amide bonds.